The second-order valence-electron chi connectivity index (χ2n) is 4.49. The zero-order valence-corrected chi connectivity index (χ0v) is 11.7. The number of fused-ring (bicyclic) bond motifs is 1. The molecule has 0 N–H and O–H groups in total. The number of ether oxygens (including phenoxy) is 1. The molecule has 0 fully saturated rings. The summed E-state index contributed by atoms with van der Waals surface area (Å²) in [6.07, 6.45) is 3.61. The average molecular weight is 265 g/mol. The van der Waals surface area contributed by atoms with E-state index in [4.69, 9.17) is 4.74 Å². The molecular weight excluding hydrogens is 246 g/mol. The van der Waals surface area contributed by atoms with Gasteiger partial charge in [-0.1, -0.05) is 12.1 Å². The van der Waals surface area contributed by atoms with E-state index in [9.17, 15) is 4.79 Å². The molecule has 3 nitrogen and oxygen atoms in total. The van der Waals surface area contributed by atoms with Crippen LogP contribution >= 0.6 is 11.8 Å². The first kappa shape index (κ1) is 13.3. The fourth-order valence-electron chi connectivity index (χ4n) is 2.17. The lowest BCUT2D eigenvalue weighted by molar-refractivity contribution is -0.119. The first-order valence-electron chi connectivity index (χ1n) is 6.27. The summed E-state index contributed by atoms with van der Waals surface area (Å²) in [4.78, 5) is 14.2. The van der Waals surface area contributed by atoms with Gasteiger partial charge in [-0.05, 0) is 37.5 Å². The van der Waals surface area contributed by atoms with E-state index in [1.165, 1.54) is 0 Å². The molecule has 1 aliphatic rings. The highest BCUT2D eigenvalue weighted by Crippen LogP contribution is 2.33. The van der Waals surface area contributed by atoms with Crippen molar-refractivity contribution in [2.75, 3.05) is 23.5 Å². The van der Waals surface area contributed by atoms with Gasteiger partial charge in [-0.3, -0.25) is 4.79 Å². The number of amides is 1. The number of carbonyl (C=O) groups is 1. The summed E-state index contributed by atoms with van der Waals surface area (Å²) in [6.45, 7) is 2.60. The molecule has 0 radical (unpaired) electrons. The van der Waals surface area contributed by atoms with Crippen LogP contribution in [0.1, 0.15) is 19.8 Å². The number of anilines is 1. The highest BCUT2D eigenvalue weighted by atomic mass is 32.2. The van der Waals surface area contributed by atoms with Crippen LogP contribution in [-0.4, -0.2) is 30.6 Å². The molecule has 4 heteroatoms. The topological polar surface area (TPSA) is 29.5 Å². The zero-order chi connectivity index (χ0) is 13.0. The molecule has 1 aromatic rings. The Labute approximate surface area is 113 Å². The molecule has 18 heavy (non-hydrogen) atoms. The van der Waals surface area contributed by atoms with Crippen LogP contribution < -0.4 is 9.64 Å². The Balaban J connectivity index is 2.13. The molecule has 0 bridgehead atoms. The Morgan fingerprint density at radius 2 is 2.28 bits per heavy atom. The third kappa shape index (κ3) is 2.80. The number of benzene rings is 1. The maximum absolute atomic E-state index is 12.3. The van der Waals surface area contributed by atoms with Crippen LogP contribution in [0.3, 0.4) is 0 Å². The number of carbonyl (C=O) groups excluding carboxylic acids is 1. The second-order valence-corrected chi connectivity index (χ2v) is 5.47. The molecule has 0 aromatic heterocycles. The number of rotatable bonds is 4. The average Bonchev–Trinajstić information content (AvgIpc) is 2.38. The van der Waals surface area contributed by atoms with Crippen LogP contribution in [0.2, 0.25) is 0 Å². The van der Waals surface area contributed by atoms with Crippen molar-refractivity contribution in [1.29, 1.82) is 0 Å². The molecule has 1 atom stereocenters. The smallest absolute Gasteiger partial charge is 0.227 e. The first-order chi connectivity index (χ1) is 8.74. The highest BCUT2D eigenvalue weighted by molar-refractivity contribution is 7.98. The van der Waals surface area contributed by atoms with Gasteiger partial charge in [0.1, 0.15) is 12.4 Å². The quantitative estimate of drug-likeness (QED) is 0.784. The highest BCUT2D eigenvalue weighted by Gasteiger charge is 2.28. The van der Waals surface area contributed by atoms with Crippen molar-refractivity contribution >= 4 is 23.4 Å². The summed E-state index contributed by atoms with van der Waals surface area (Å²) < 4.78 is 5.64. The third-order valence-electron chi connectivity index (χ3n) is 3.05. The van der Waals surface area contributed by atoms with E-state index in [1.807, 2.05) is 36.1 Å². The minimum Gasteiger partial charge on any atom is -0.489 e. The molecule has 1 aromatic carbocycles. The van der Waals surface area contributed by atoms with E-state index in [2.05, 4.69) is 6.26 Å². The van der Waals surface area contributed by atoms with E-state index in [0.29, 0.717) is 13.0 Å². The van der Waals surface area contributed by atoms with Crippen LogP contribution in [0.4, 0.5) is 5.69 Å². The Morgan fingerprint density at radius 1 is 1.50 bits per heavy atom. The molecule has 0 saturated carbocycles. The predicted molar refractivity (Wildman–Crippen MR) is 76.5 cm³/mol. The van der Waals surface area contributed by atoms with Gasteiger partial charge in [0.2, 0.25) is 5.91 Å². The first-order valence-corrected chi connectivity index (χ1v) is 7.66. The summed E-state index contributed by atoms with van der Waals surface area (Å²) in [5.41, 5.74) is 0.908. The summed E-state index contributed by atoms with van der Waals surface area (Å²) in [5, 5.41) is 0. The monoisotopic (exact) mass is 265 g/mol. The predicted octanol–water partition coefficient (Wildman–Crippen LogP) is 2.94. The molecule has 0 saturated heterocycles. The largest absolute Gasteiger partial charge is 0.489 e. The summed E-state index contributed by atoms with van der Waals surface area (Å²) in [6, 6.07) is 7.87. The van der Waals surface area contributed by atoms with E-state index in [0.717, 1.165) is 23.6 Å². The number of para-hydroxylation sites is 2. The van der Waals surface area contributed by atoms with E-state index in [1.54, 1.807) is 11.8 Å². The van der Waals surface area contributed by atoms with Gasteiger partial charge in [-0.2, -0.15) is 11.8 Å². The van der Waals surface area contributed by atoms with Crippen LogP contribution in [0.25, 0.3) is 0 Å². The number of nitrogens with zero attached hydrogens (tertiary/aromatic N) is 1. The SMILES string of the molecule is CSCCCC(=O)N1c2ccccc2OC[C@H]1C. The van der Waals surface area contributed by atoms with Crippen molar-refractivity contribution in [3.05, 3.63) is 24.3 Å². The molecule has 0 unspecified atom stereocenters. The van der Waals surface area contributed by atoms with Gasteiger partial charge >= 0.3 is 0 Å². The van der Waals surface area contributed by atoms with Crippen molar-refractivity contribution < 1.29 is 9.53 Å². The van der Waals surface area contributed by atoms with Gasteiger partial charge in [0.05, 0.1) is 11.7 Å². The molecule has 1 aliphatic heterocycles. The molecular formula is C14H19NO2S. The Hall–Kier alpha value is -1.16. The van der Waals surface area contributed by atoms with Crippen molar-refractivity contribution in [3.63, 3.8) is 0 Å². The van der Waals surface area contributed by atoms with Crippen molar-refractivity contribution in [2.24, 2.45) is 0 Å². The maximum atomic E-state index is 12.3. The van der Waals surface area contributed by atoms with Crippen LogP contribution in [-0.2, 0) is 4.79 Å². The van der Waals surface area contributed by atoms with Gasteiger partial charge in [0, 0.05) is 6.42 Å². The summed E-state index contributed by atoms with van der Waals surface area (Å²) in [5.74, 6) is 2.05. The third-order valence-corrected chi connectivity index (χ3v) is 3.75. The van der Waals surface area contributed by atoms with Crippen LogP contribution in [0.15, 0.2) is 24.3 Å². The maximum Gasteiger partial charge on any atom is 0.227 e. The minimum absolute atomic E-state index is 0.113. The Morgan fingerprint density at radius 3 is 3.06 bits per heavy atom. The van der Waals surface area contributed by atoms with E-state index in [-0.39, 0.29) is 11.9 Å². The van der Waals surface area contributed by atoms with Crippen LogP contribution in [0.5, 0.6) is 5.75 Å². The second kappa shape index (κ2) is 6.14. The number of hydrogen-bond acceptors (Lipinski definition) is 3. The zero-order valence-electron chi connectivity index (χ0n) is 10.9. The lowest BCUT2D eigenvalue weighted by atomic mass is 10.1. The molecule has 2 rings (SSSR count). The van der Waals surface area contributed by atoms with E-state index < -0.39 is 0 Å². The lowest BCUT2D eigenvalue weighted by Crippen LogP contribution is -2.45. The molecule has 0 spiro atoms. The van der Waals surface area contributed by atoms with Gasteiger partial charge in [-0.15, -0.1) is 0 Å². The molecule has 1 amide bonds. The van der Waals surface area contributed by atoms with Gasteiger partial charge in [0.15, 0.2) is 0 Å². The Kier molecular flexibility index (Phi) is 4.53. The fraction of sp³-hybridized carbons (Fsp3) is 0.500. The number of hydrogen-bond donors (Lipinski definition) is 0. The molecule has 0 aliphatic carbocycles. The lowest BCUT2D eigenvalue weighted by Gasteiger charge is -2.35. The molecule has 98 valence electrons. The van der Waals surface area contributed by atoms with Gasteiger partial charge in [0.25, 0.3) is 0 Å². The van der Waals surface area contributed by atoms with Crippen molar-refractivity contribution in [2.45, 2.75) is 25.8 Å². The minimum atomic E-state index is 0.113. The van der Waals surface area contributed by atoms with E-state index >= 15 is 0 Å². The summed E-state index contributed by atoms with van der Waals surface area (Å²) >= 11 is 1.78. The normalized spacial score (nSPS) is 18.1. The van der Waals surface area contributed by atoms with Gasteiger partial charge in [-0.25, -0.2) is 0 Å². The number of thioether (sulfide) groups is 1. The summed E-state index contributed by atoms with van der Waals surface area (Å²) in [7, 11) is 0. The molecule has 1 heterocycles. The van der Waals surface area contributed by atoms with Gasteiger partial charge < -0.3 is 9.64 Å². The fourth-order valence-corrected chi connectivity index (χ4v) is 2.60. The van der Waals surface area contributed by atoms with Crippen molar-refractivity contribution in [1.82, 2.24) is 0 Å². The Bertz CT molecular complexity index is 422. The van der Waals surface area contributed by atoms with Crippen molar-refractivity contribution in [3.8, 4) is 5.75 Å². The standard InChI is InChI=1S/C14H19NO2S/c1-11-10-17-13-7-4-3-6-12(13)15(11)14(16)8-5-9-18-2/h3-4,6-7,11H,5,8-10H2,1-2H3/t11-/m1/s1. The van der Waals surface area contributed by atoms with Crippen LogP contribution in [0, 0.1) is 0 Å².